The number of nitrogens with zero attached hydrogens (tertiary/aromatic N) is 5. The van der Waals surface area contributed by atoms with Crippen molar-refractivity contribution in [1.82, 2.24) is 19.7 Å². The van der Waals surface area contributed by atoms with Crippen LogP contribution in [0.3, 0.4) is 0 Å². The Kier molecular flexibility index (Phi) is 4.70. The second kappa shape index (κ2) is 7.11. The quantitative estimate of drug-likeness (QED) is 0.774. The summed E-state index contributed by atoms with van der Waals surface area (Å²) in [5.41, 5.74) is 1.48. The van der Waals surface area contributed by atoms with Crippen molar-refractivity contribution in [2.24, 2.45) is 0 Å². The van der Waals surface area contributed by atoms with Gasteiger partial charge in [0.2, 0.25) is 0 Å². The van der Waals surface area contributed by atoms with E-state index in [1.807, 2.05) is 13.8 Å². The van der Waals surface area contributed by atoms with Crippen LogP contribution in [0.2, 0.25) is 0 Å². The highest BCUT2D eigenvalue weighted by molar-refractivity contribution is 5.94. The van der Waals surface area contributed by atoms with Gasteiger partial charge in [0.15, 0.2) is 0 Å². The van der Waals surface area contributed by atoms with E-state index in [-0.39, 0.29) is 18.0 Å². The summed E-state index contributed by atoms with van der Waals surface area (Å²) in [6.07, 6.45) is 0.508. The van der Waals surface area contributed by atoms with Crippen LogP contribution in [0.1, 0.15) is 41.2 Å². The lowest BCUT2D eigenvalue weighted by molar-refractivity contribution is -0.190. The van der Waals surface area contributed by atoms with Crippen molar-refractivity contribution in [1.29, 1.82) is 5.26 Å². The van der Waals surface area contributed by atoms with Gasteiger partial charge in [-0.1, -0.05) is 0 Å². The Morgan fingerprint density at radius 1 is 1.40 bits per heavy atom. The van der Waals surface area contributed by atoms with Gasteiger partial charge in [-0.25, -0.2) is 14.2 Å². The van der Waals surface area contributed by atoms with Crippen molar-refractivity contribution in [2.45, 2.75) is 39.0 Å². The molecule has 0 atom stereocenters. The summed E-state index contributed by atoms with van der Waals surface area (Å²) in [5, 5.41) is 17.5. The maximum absolute atomic E-state index is 13.5. The Bertz CT molecular complexity index is 1090. The molecule has 9 nitrogen and oxygen atoms in total. The van der Waals surface area contributed by atoms with Crippen LogP contribution >= 0.6 is 0 Å². The van der Waals surface area contributed by atoms with E-state index in [1.165, 1.54) is 17.2 Å². The van der Waals surface area contributed by atoms with Crippen molar-refractivity contribution in [2.75, 3.05) is 18.9 Å². The van der Waals surface area contributed by atoms with Gasteiger partial charge in [-0.05, 0) is 32.0 Å². The number of carbonyl (C=O) groups is 2. The standard InChI is InChI=1S/C20H21FN6O3/c1-20(2)11-27-17(18(28)25(3)30-20)14-10-26(7-6-16(14)24-27)19(29)23-13-4-5-15(21)12(8-13)9-22/h4-5,8H,6-7,10-11H2,1-3H3,(H,23,29). The Morgan fingerprint density at radius 2 is 2.17 bits per heavy atom. The number of amides is 3. The summed E-state index contributed by atoms with van der Waals surface area (Å²) < 4.78 is 15.2. The molecule has 2 aliphatic rings. The summed E-state index contributed by atoms with van der Waals surface area (Å²) in [6, 6.07) is 5.16. The molecule has 0 saturated heterocycles. The van der Waals surface area contributed by atoms with Gasteiger partial charge in [0, 0.05) is 31.3 Å². The first-order valence-corrected chi connectivity index (χ1v) is 9.50. The molecule has 0 bridgehead atoms. The monoisotopic (exact) mass is 412 g/mol. The molecule has 3 heterocycles. The van der Waals surface area contributed by atoms with Crippen LogP contribution in [0.25, 0.3) is 0 Å². The molecule has 10 heteroatoms. The van der Waals surface area contributed by atoms with Gasteiger partial charge in [-0.15, -0.1) is 0 Å². The summed E-state index contributed by atoms with van der Waals surface area (Å²) >= 11 is 0. The summed E-state index contributed by atoms with van der Waals surface area (Å²) in [5.74, 6) is -0.956. The van der Waals surface area contributed by atoms with Crippen LogP contribution < -0.4 is 5.32 Å². The first kappa shape index (κ1) is 19.8. The van der Waals surface area contributed by atoms with E-state index in [9.17, 15) is 14.0 Å². The van der Waals surface area contributed by atoms with E-state index in [2.05, 4.69) is 10.4 Å². The fraction of sp³-hybridized carbons (Fsp3) is 0.400. The Balaban J connectivity index is 1.58. The maximum Gasteiger partial charge on any atom is 0.322 e. The number of nitrogens with one attached hydrogen (secondary N) is 1. The number of urea groups is 1. The molecule has 0 fully saturated rings. The number of anilines is 1. The molecular formula is C20H21FN6O3. The van der Waals surface area contributed by atoms with Crippen molar-refractivity contribution in [3.8, 4) is 6.07 Å². The summed E-state index contributed by atoms with van der Waals surface area (Å²) in [7, 11) is 1.56. The molecule has 0 spiro atoms. The molecule has 1 aromatic carbocycles. The van der Waals surface area contributed by atoms with Crippen molar-refractivity contribution < 1.29 is 18.8 Å². The van der Waals surface area contributed by atoms with Gasteiger partial charge in [0.25, 0.3) is 5.91 Å². The number of hydrogen-bond acceptors (Lipinski definition) is 5. The number of nitriles is 1. The molecule has 2 aromatic rings. The van der Waals surface area contributed by atoms with Crippen molar-refractivity contribution in [3.63, 3.8) is 0 Å². The van der Waals surface area contributed by atoms with Gasteiger partial charge in [0.1, 0.15) is 23.2 Å². The van der Waals surface area contributed by atoms with Crippen LogP contribution in [0.5, 0.6) is 0 Å². The zero-order valence-corrected chi connectivity index (χ0v) is 16.9. The van der Waals surface area contributed by atoms with Crippen LogP contribution in [0.4, 0.5) is 14.9 Å². The van der Waals surface area contributed by atoms with E-state index in [0.29, 0.717) is 36.5 Å². The van der Waals surface area contributed by atoms with E-state index < -0.39 is 17.4 Å². The van der Waals surface area contributed by atoms with Gasteiger partial charge in [-0.2, -0.15) is 10.4 Å². The first-order chi connectivity index (χ1) is 14.2. The Hall–Kier alpha value is -3.45. The molecule has 0 unspecified atom stereocenters. The highest BCUT2D eigenvalue weighted by Gasteiger charge is 2.38. The number of halogens is 1. The zero-order valence-electron chi connectivity index (χ0n) is 16.9. The first-order valence-electron chi connectivity index (χ1n) is 9.50. The lowest BCUT2D eigenvalue weighted by Crippen LogP contribution is -2.40. The SMILES string of the molecule is CN1OC(C)(C)Cn2nc3c(c2C1=O)CN(C(=O)Nc1ccc(F)c(C#N)c1)CC3. The predicted octanol–water partition coefficient (Wildman–Crippen LogP) is 2.28. The molecule has 1 N–H and O–H groups in total. The molecule has 0 radical (unpaired) electrons. The number of aromatic nitrogens is 2. The van der Waals surface area contributed by atoms with Gasteiger partial charge < -0.3 is 10.2 Å². The van der Waals surface area contributed by atoms with E-state index >= 15 is 0 Å². The number of benzene rings is 1. The molecule has 0 aliphatic carbocycles. The minimum Gasteiger partial charge on any atom is -0.320 e. The third kappa shape index (κ3) is 3.48. The fourth-order valence-electron chi connectivity index (χ4n) is 3.80. The predicted molar refractivity (Wildman–Crippen MR) is 104 cm³/mol. The zero-order chi connectivity index (χ0) is 21.6. The lowest BCUT2D eigenvalue weighted by Gasteiger charge is -2.28. The van der Waals surface area contributed by atoms with E-state index in [1.54, 1.807) is 22.7 Å². The molecule has 3 amide bonds. The van der Waals surface area contributed by atoms with Gasteiger partial charge in [-0.3, -0.25) is 14.3 Å². The molecule has 2 aliphatic heterocycles. The van der Waals surface area contributed by atoms with Crippen LogP contribution in [-0.4, -0.2) is 50.9 Å². The van der Waals surface area contributed by atoms with Gasteiger partial charge in [0.05, 0.1) is 24.3 Å². The summed E-state index contributed by atoms with van der Waals surface area (Å²) in [4.78, 5) is 32.9. The third-order valence-electron chi connectivity index (χ3n) is 5.13. The number of fused-ring (bicyclic) bond motifs is 3. The normalized spacial score (nSPS) is 17.6. The van der Waals surface area contributed by atoms with Gasteiger partial charge >= 0.3 is 6.03 Å². The highest BCUT2D eigenvalue weighted by atomic mass is 19.1. The average molecular weight is 412 g/mol. The summed E-state index contributed by atoms with van der Waals surface area (Å²) in [6.45, 7) is 4.80. The fourth-order valence-corrected chi connectivity index (χ4v) is 3.80. The molecule has 4 rings (SSSR count). The minimum absolute atomic E-state index is 0.146. The number of carbonyl (C=O) groups excluding carboxylic acids is 2. The topological polar surface area (TPSA) is 103 Å². The Morgan fingerprint density at radius 3 is 2.90 bits per heavy atom. The number of hydroxylamine groups is 2. The lowest BCUT2D eigenvalue weighted by atomic mass is 10.0. The average Bonchev–Trinajstić information content (AvgIpc) is 3.00. The molecule has 1 aromatic heterocycles. The molecule has 30 heavy (non-hydrogen) atoms. The molecule has 156 valence electrons. The smallest absolute Gasteiger partial charge is 0.320 e. The molecular weight excluding hydrogens is 391 g/mol. The largest absolute Gasteiger partial charge is 0.322 e. The van der Waals surface area contributed by atoms with Crippen LogP contribution in [0, 0.1) is 17.1 Å². The van der Waals surface area contributed by atoms with Crippen molar-refractivity contribution in [3.05, 3.63) is 46.5 Å². The maximum atomic E-state index is 13.5. The van der Waals surface area contributed by atoms with E-state index in [0.717, 1.165) is 11.8 Å². The third-order valence-corrected chi connectivity index (χ3v) is 5.13. The van der Waals surface area contributed by atoms with E-state index in [4.69, 9.17) is 10.1 Å². The minimum atomic E-state index is -0.645. The highest BCUT2D eigenvalue weighted by Crippen LogP contribution is 2.29. The second-order valence-corrected chi connectivity index (χ2v) is 7.99. The Labute approximate surface area is 172 Å². The number of hydrogen-bond donors (Lipinski definition) is 1. The molecule has 0 saturated carbocycles. The second-order valence-electron chi connectivity index (χ2n) is 7.99. The van der Waals surface area contributed by atoms with Crippen molar-refractivity contribution >= 4 is 17.6 Å². The van der Waals surface area contributed by atoms with Crippen LogP contribution in [0.15, 0.2) is 18.2 Å². The van der Waals surface area contributed by atoms with Crippen LogP contribution in [-0.2, 0) is 24.3 Å². The number of rotatable bonds is 1.